The molecule has 0 spiro atoms. The van der Waals surface area contributed by atoms with Crippen molar-refractivity contribution in [3.63, 3.8) is 0 Å². The van der Waals surface area contributed by atoms with Gasteiger partial charge in [-0.1, -0.05) is 47.7 Å². The van der Waals surface area contributed by atoms with Crippen molar-refractivity contribution in [2.45, 2.75) is 13.0 Å². The number of hydrogen-bond donors (Lipinski definition) is 1. The Morgan fingerprint density at radius 3 is 2.50 bits per heavy atom. The van der Waals surface area contributed by atoms with Crippen LogP contribution in [0.2, 0.25) is 5.02 Å². The average molecular weight is 230 g/mol. The molecular weight excluding hydrogens is 218 g/mol. The number of hydrogen-bond acceptors (Lipinski definition) is 1. The van der Waals surface area contributed by atoms with E-state index in [1.54, 1.807) is 0 Å². The van der Waals surface area contributed by atoms with Crippen LogP contribution in [0.1, 0.15) is 12.5 Å². The molecular formula is C14H12ClN. The molecule has 0 fully saturated rings. The highest BCUT2D eigenvalue weighted by molar-refractivity contribution is 6.35. The van der Waals surface area contributed by atoms with E-state index in [0.29, 0.717) is 0 Å². The van der Waals surface area contributed by atoms with Gasteiger partial charge in [0, 0.05) is 16.0 Å². The van der Waals surface area contributed by atoms with E-state index in [1.807, 2.05) is 43.3 Å². The molecule has 0 aliphatic heterocycles. The highest BCUT2D eigenvalue weighted by Gasteiger charge is 2.01. The molecule has 0 heterocycles. The summed E-state index contributed by atoms with van der Waals surface area (Å²) in [5.41, 5.74) is 6.58. The van der Waals surface area contributed by atoms with Crippen LogP contribution in [0.3, 0.4) is 0 Å². The lowest BCUT2D eigenvalue weighted by Crippen LogP contribution is -2.10. The fourth-order valence-electron chi connectivity index (χ4n) is 1.56. The molecule has 0 bridgehead atoms. The van der Waals surface area contributed by atoms with Crippen LogP contribution in [0.25, 0.3) is 10.8 Å². The predicted molar refractivity (Wildman–Crippen MR) is 69.5 cm³/mol. The van der Waals surface area contributed by atoms with Gasteiger partial charge in [-0.2, -0.15) is 0 Å². The molecule has 2 N–H and O–H groups in total. The van der Waals surface area contributed by atoms with Gasteiger partial charge in [-0.15, -0.1) is 0 Å². The van der Waals surface area contributed by atoms with Gasteiger partial charge in [0.25, 0.3) is 0 Å². The topological polar surface area (TPSA) is 26.0 Å². The zero-order chi connectivity index (χ0) is 11.5. The smallest absolute Gasteiger partial charge is 0.0639 e. The van der Waals surface area contributed by atoms with Crippen molar-refractivity contribution in [1.82, 2.24) is 0 Å². The third-order valence-corrected chi connectivity index (χ3v) is 2.63. The van der Waals surface area contributed by atoms with Crippen molar-refractivity contribution in [3.05, 3.63) is 47.0 Å². The Hall–Kier alpha value is -1.49. The minimum Gasteiger partial charge on any atom is -0.318 e. The van der Waals surface area contributed by atoms with Crippen molar-refractivity contribution >= 4 is 22.4 Å². The highest BCUT2D eigenvalue weighted by Crippen LogP contribution is 2.25. The standard InChI is InChI=1S/C14H12ClN/c1-10(16)6-7-11-8-9-14(15)13-5-3-2-4-12(11)13/h2-5,8-10H,16H2,1H3. The third-order valence-electron chi connectivity index (χ3n) is 2.31. The van der Waals surface area contributed by atoms with Crippen LogP contribution in [0.5, 0.6) is 0 Å². The van der Waals surface area contributed by atoms with Crippen LogP contribution in [0.4, 0.5) is 0 Å². The first kappa shape index (κ1) is 11.0. The van der Waals surface area contributed by atoms with E-state index in [1.165, 1.54) is 0 Å². The van der Waals surface area contributed by atoms with E-state index in [2.05, 4.69) is 11.8 Å². The molecule has 2 heteroatoms. The summed E-state index contributed by atoms with van der Waals surface area (Å²) in [5, 5.41) is 2.85. The first-order chi connectivity index (χ1) is 7.68. The van der Waals surface area contributed by atoms with Gasteiger partial charge in [-0.05, 0) is 24.4 Å². The van der Waals surface area contributed by atoms with Gasteiger partial charge in [0.2, 0.25) is 0 Å². The summed E-state index contributed by atoms with van der Waals surface area (Å²) in [4.78, 5) is 0. The van der Waals surface area contributed by atoms with Crippen LogP contribution < -0.4 is 5.73 Å². The molecule has 0 aliphatic carbocycles. The third kappa shape index (κ3) is 2.19. The molecule has 80 valence electrons. The monoisotopic (exact) mass is 229 g/mol. The first-order valence-electron chi connectivity index (χ1n) is 5.13. The van der Waals surface area contributed by atoms with Crippen LogP contribution in [-0.4, -0.2) is 6.04 Å². The molecule has 0 saturated heterocycles. The van der Waals surface area contributed by atoms with E-state index >= 15 is 0 Å². The maximum absolute atomic E-state index is 6.12. The largest absolute Gasteiger partial charge is 0.318 e. The van der Waals surface area contributed by atoms with Gasteiger partial charge < -0.3 is 5.73 Å². The molecule has 0 radical (unpaired) electrons. The summed E-state index contributed by atoms with van der Waals surface area (Å²) >= 11 is 6.12. The zero-order valence-electron chi connectivity index (χ0n) is 9.00. The number of halogens is 1. The Kier molecular flexibility index (Phi) is 3.14. The summed E-state index contributed by atoms with van der Waals surface area (Å²) in [5.74, 6) is 6.04. The molecule has 0 aromatic heterocycles. The van der Waals surface area contributed by atoms with Gasteiger partial charge in [0.05, 0.1) is 6.04 Å². The first-order valence-corrected chi connectivity index (χ1v) is 5.50. The van der Waals surface area contributed by atoms with Crippen LogP contribution >= 0.6 is 11.6 Å². The van der Waals surface area contributed by atoms with E-state index in [4.69, 9.17) is 17.3 Å². The summed E-state index contributed by atoms with van der Waals surface area (Å²) < 4.78 is 0. The van der Waals surface area contributed by atoms with E-state index in [9.17, 15) is 0 Å². The minimum absolute atomic E-state index is 0.116. The van der Waals surface area contributed by atoms with Crippen molar-refractivity contribution in [2.24, 2.45) is 5.73 Å². The Balaban J connectivity index is 2.65. The van der Waals surface area contributed by atoms with Crippen molar-refractivity contribution < 1.29 is 0 Å². The molecule has 1 nitrogen and oxygen atoms in total. The fraction of sp³-hybridized carbons (Fsp3) is 0.143. The fourth-order valence-corrected chi connectivity index (χ4v) is 1.79. The number of rotatable bonds is 0. The molecule has 1 atom stereocenters. The molecule has 0 amide bonds. The maximum atomic E-state index is 6.12. The number of nitrogens with two attached hydrogens (primary N) is 1. The average Bonchev–Trinajstić information content (AvgIpc) is 2.28. The zero-order valence-corrected chi connectivity index (χ0v) is 9.75. The normalized spacial score (nSPS) is 11.9. The Morgan fingerprint density at radius 1 is 1.12 bits per heavy atom. The van der Waals surface area contributed by atoms with Crippen LogP contribution in [-0.2, 0) is 0 Å². The summed E-state index contributed by atoms with van der Waals surface area (Å²) in [6.45, 7) is 1.87. The van der Waals surface area contributed by atoms with Gasteiger partial charge in [-0.25, -0.2) is 0 Å². The van der Waals surface area contributed by atoms with E-state index < -0.39 is 0 Å². The van der Waals surface area contributed by atoms with Gasteiger partial charge in [-0.3, -0.25) is 0 Å². The molecule has 0 saturated carbocycles. The van der Waals surface area contributed by atoms with Crippen molar-refractivity contribution in [3.8, 4) is 11.8 Å². The van der Waals surface area contributed by atoms with Gasteiger partial charge in [0.1, 0.15) is 0 Å². The molecule has 2 aromatic rings. The minimum atomic E-state index is -0.116. The number of fused-ring (bicyclic) bond motifs is 1. The van der Waals surface area contributed by atoms with Gasteiger partial charge in [0.15, 0.2) is 0 Å². The molecule has 16 heavy (non-hydrogen) atoms. The maximum Gasteiger partial charge on any atom is 0.0639 e. The Morgan fingerprint density at radius 2 is 1.81 bits per heavy atom. The lowest BCUT2D eigenvalue weighted by Gasteiger charge is -2.02. The van der Waals surface area contributed by atoms with Crippen LogP contribution in [0, 0.1) is 11.8 Å². The second kappa shape index (κ2) is 4.57. The van der Waals surface area contributed by atoms with E-state index in [-0.39, 0.29) is 6.04 Å². The summed E-state index contributed by atoms with van der Waals surface area (Å²) in [6.07, 6.45) is 0. The molecule has 2 aromatic carbocycles. The lowest BCUT2D eigenvalue weighted by atomic mass is 10.0. The summed E-state index contributed by atoms with van der Waals surface area (Å²) in [6, 6.07) is 11.7. The van der Waals surface area contributed by atoms with Gasteiger partial charge >= 0.3 is 0 Å². The van der Waals surface area contributed by atoms with Crippen molar-refractivity contribution in [2.75, 3.05) is 0 Å². The molecule has 0 aliphatic rings. The second-order valence-corrected chi connectivity index (χ2v) is 4.11. The Labute approximate surface area is 100 Å². The molecule has 2 rings (SSSR count). The SMILES string of the molecule is CC(N)C#Cc1ccc(Cl)c2ccccc12. The molecule has 1 unspecified atom stereocenters. The number of benzene rings is 2. The second-order valence-electron chi connectivity index (χ2n) is 3.70. The lowest BCUT2D eigenvalue weighted by molar-refractivity contribution is 0.959. The summed E-state index contributed by atoms with van der Waals surface area (Å²) in [7, 11) is 0. The van der Waals surface area contributed by atoms with Crippen molar-refractivity contribution in [1.29, 1.82) is 0 Å². The predicted octanol–water partition coefficient (Wildman–Crippen LogP) is 3.19. The van der Waals surface area contributed by atoms with Crippen LogP contribution in [0.15, 0.2) is 36.4 Å². The quantitative estimate of drug-likeness (QED) is 0.690. The highest BCUT2D eigenvalue weighted by atomic mass is 35.5. The Bertz CT molecular complexity index is 576. The van der Waals surface area contributed by atoms with E-state index in [0.717, 1.165) is 21.4 Å².